The second kappa shape index (κ2) is 7.27. The van der Waals surface area contributed by atoms with E-state index >= 15 is 0 Å². The lowest BCUT2D eigenvalue weighted by Crippen LogP contribution is -2.24. The fourth-order valence-corrected chi connectivity index (χ4v) is 4.63. The van der Waals surface area contributed by atoms with Gasteiger partial charge in [0.1, 0.15) is 5.75 Å². The largest absolute Gasteiger partial charge is 0.497 e. The molecule has 0 fully saturated rings. The molecule has 0 N–H and O–H groups in total. The van der Waals surface area contributed by atoms with Crippen molar-refractivity contribution >= 4 is 31.6 Å². The Labute approximate surface area is 144 Å². The zero-order valence-corrected chi connectivity index (χ0v) is 15.2. The van der Waals surface area contributed by atoms with Crippen LogP contribution in [0.1, 0.15) is 15.9 Å². The molecule has 0 aliphatic rings. The number of Topliss-reactive ketones (excluding diaryl/α,β-unsaturated/α-hetero) is 1. The van der Waals surface area contributed by atoms with Crippen molar-refractivity contribution in [2.24, 2.45) is 0 Å². The average molecular weight is 397 g/mol. The first kappa shape index (κ1) is 17.7. The Hall–Kier alpha value is -1.66. The van der Waals surface area contributed by atoms with Crippen LogP contribution in [0.2, 0.25) is 0 Å². The Balaban J connectivity index is 2.14. The topological polar surface area (TPSA) is 60.4 Å². The van der Waals surface area contributed by atoms with E-state index in [4.69, 9.17) is 4.74 Å². The summed E-state index contributed by atoms with van der Waals surface area (Å²) in [4.78, 5) is 11.8. The molecule has 2 aromatic rings. The molecule has 0 heterocycles. The molecule has 23 heavy (non-hydrogen) atoms. The fourth-order valence-electron chi connectivity index (χ4n) is 2.05. The summed E-state index contributed by atoms with van der Waals surface area (Å²) in [6.45, 7) is 1.89. The zero-order chi connectivity index (χ0) is 17.0. The summed E-state index contributed by atoms with van der Waals surface area (Å²) in [5.41, 5.74) is 1.42. The molecule has 4 nitrogen and oxygen atoms in total. The molecule has 0 saturated carbocycles. The van der Waals surface area contributed by atoms with Crippen molar-refractivity contribution in [3.05, 3.63) is 59.7 Å². The maximum Gasteiger partial charge on any atom is 0.179 e. The lowest BCUT2D eigenvalue weighted by atomic mass is 10.1. The summed E-state index contributed by atoms with van der Waals surface area (Å²) in [6, 6.07) is 13.2. The van der Waals surface area contributed by atoms with Crippen LogP contribution in [0, 0.1) is 6.92 Å². The highest BCUT2D eigenvalue weighted by Crippen LogP contribution is 2.20. The van der Waals surface area contributed by atoms with Gasteiger partial charge in [0, 0.05) is 5.56 Å². The molecular weight excluding hydrogens is 380 g/mol. The number of carbonyl (C=O) groups is 1. The van der Waals surface area contributed by atoms with Crippen LogP contribution in [-0.4, -0.2) is 31.9 Å². The van der Waals surface area contributed by atoms with Gasteiger partial charge in [0.15, 0.2) is 15.6 Å². The van der Waals surface area contributed by atoms with Gasteiger partial charge >= 0.3 is 0 Å². The maximum atomic E-state index is 12.4. The number of rotatable bonds is 6. The van der Waals surface area contributed by atoms with Crippen LogP contribution in [0.3, 0.4) is 0 Å². The quantitative estimate of drug-likeness (QED) is 0.554. The molecular formula is C17H17BrO4S. The molecule has 2 aromatic carbocycles. The third-order valence-electron chi connectivity index (χ3n) is 3.40. The molecule has 0 radical (unpaired) electrons. The van der Waals surface area contributed by atoms with E-state index < -0.39 is 14.7 Å². The van der Waals surface area contributed by atoms with Gasteiger partial charge in [0.05, 0.1) is 22.6 Å². The van der Waals surface area contributed by atoms with E-state index in [1.807, 2.05) is 6.92 Å². The molecule has 0 aliphatic carbocycles. The van der Waals surface area contributed by atoms with Crippen molar-refractivity contribution in [1.82, 2.24) is 0 Å². The SMILES string of the molecule is COc1ccc(C(=O)C(Br)CS(=O)(=O)c2ccc(C)cc2)cc1. The number of ketones is 1. The molecule has 2 rings (SSSR count). The number of benzene rings is 2. The minimum absolute atomic E-state index is 0.218. The molecule has 0 spiro atoms. The summed E-state index contributed by atoms with van der Waals surface area (Å²) < 4.78 is 29.8. The number of sulfone groups is 1. The summed E-state index contributed by atoms with van der Waals surface area (Å²) in [5, 5.41) is 0. The Bertz CT molecular complexity index is 780. The summed E-state index contributed by atoms with van der Waals surface area (Å²) in [6.07, 6.45) is 0. The van der Waals surface area contributed by atoms with Crippen molar-refractivity contribution in [2.75, 3.05) is 12.9 Å². The van der Waals surface area contributed by atoms with Crippen LogP contribution in [-0.2, 0) is 9.84 Å². The molecule has 1 atom stereocenters. The Kier molecular flexibility index (Phi) is 5.59. The number of ether oxygens (including phenoxy) is 1. The van der Waals surface area contributed by atoms with Crippen LogP contribution >= 0.6 is 15.9 Å². The van der Waals surface area contributed by atoms with Crippen molar-refractivity contribution in [3.63, 3.8) is 0 Å². The molecule has 0 amide bonds. The number of hydrogen-bond acceptors (Lipinski definition) is 4. The first-order valence-electron chi connectivity index (χ1n) is 6.95. The van der Waals surface area contributed by atoms with E-state index in [-0.39, 0.29) is 16.4 Å². The molecule has 0 bridgehead atoms. The van der Waals surface area contributed by atoms with Gasteiger partial charge in [-0.05, 0) is 43.3 Å². The second-order valence-electron chi connectivity index (χ2n) is 5.15. The average Bonchev–Trinajstić information content (AvgIpc) is 2.54. The standard InChI is InChI=1S/C17H17BrO4S/c1-12-3-9-15(10-4-12)23(20,21)11-16(18)17(19)13-5-7-14(22-2)8-6-13/h3-10,16H,11H2,1-2H3. The van der Waals surface area contributed by atoms with Gasteiger partial charge < -0.3 is 4.74 Å². The summed E-state index contributed by atoms with van der Waals surface area (Å²) in [5.74, 6) is 0.0734. The monoisotopic (exact) mass is 396 g/mol. The number of aryl methyl sites for hydroxylation is 1. The van der Waals surface area contributed by atoms with Crippen LogP contribution in [0.15, 0.2) is 53.4 Å². The normalized spacial score (nSPS) is 12.7. The zero-order valence-electron chi connectivity index (χ0n) is 12.8. The summed E-state index contributed by atoms with van der Waals surface area (Å²) >= 11 is 3.20. The third-order valence-corrected chi connectivity index (χ3v) is 6.34. The third kappa shape index (κ3) is 4.42. The van der Waals surface area contributed by atoms with Crippen molar-refractivity contribution in [1.29, 1.82) is 0 Å². The number of methoxy groups -OCH3 is 1. The van der Waals surface area contributed by atoms with Crippen molar-refractivity contribution in [2.45, 2.75) is 16.6 Å². The number of carbonyl (C=O) groups excluding carboxylic acids is 1. The minimum atomic E-state index is -3.53. The molecule has 6 heteroatoms. The van der Waals surface area contributed by atoms with E-state index in [9.17, 15) is 13.2 Å². The highest BCUT2D eigenvalue weighted by atomic mass is 79.9. The molecule has 0 aliphatic heterocycles. The van der Waals surface area contributed by atoms with Crippen LogP contribution in [0.25, 0.3) is 0 Å². The lowest BCUT2D eigenvalue weighted by Gasteiger charge is -2.11. The summed E-state index contributed by atoms with van der Waals surface area (Å²) in [7, 11) is -1.99. The van der Waals surface area contributed by atoms with Crippen LogP contribution < -0.4 is 4.74 Å². The van der Waals surface area contributed by atoms with E-state index in [0.717, 1.165) is 5.56 Å². The van der Waals surface area contributed by atoms with Crippen LogP contribution in [0.4, 0.5) is 0 Å². The van der Waals surface area contributed by atoms with E-state index in [2.05, 4.69) is 15.9 Å². The Morgan fingerprint density at radius 3 is 2.17 bits per heavy atom. The highest BCUT2D eigenvalue weighted by molar-refractivity contribution is 9.10. The second-order valence-corrected chi connectivity index (χ2v) is 8.29. The Morgan fingerprint density at radius 1 is 1.09 bits per heavy atom. The lowest BCUT2D eigenvalue weighted by molar-refractivity contribution is 0.0996. The predicted octanol–water partition coefficient (Wildman–Crippen LogP) is 3.42. The van der Waals surface area contributed by atoms with Gasteiger partial charge in [-0.2, -0.15) is 0 Å². The van der Waals surface area contributed by atoms with Gasteiger partial charge in [-0.1, -0.05) is 33.6 Å². The van der Waals surface area contributed by atoms with E-state index in [1.54, 1.807) is 48.5 Å². The maximum absolute atomic E-state index is 12.4. The van der Waals surface area contributed by atoms with Gasteiger partial charge in [0.2, 0.25) is 0 Å². The molecule has 0 aromatic heterocycles. The van der Waals surface area contributed by atoms with Gasteiger partial charge in [-0.15, -0.1) is 0 Å². The van der Waals surface area contributed by atoms with Gasteiger partial charge in [-0.25, -0.2) is 8.42 Å². The number of hydrogen-bond donors (Lipinski definition) is 0. The Morgan fingerprint density at radius 2 is 1.65 bits per heavy atom. The van der Waals surface area contributed by atoms with E-state index in [1.165, 1.54) is 7.11 Å². The van der Waals surface area contributed by atoms with E-state index in [0.29, 0.717) is 11.3 Å². The molecule has 122 valence electrons. The first-order valence-corrected chi connectivity index (χ1v) is 9.52. The van der Waals surface area contributed by atoms with Crippen molar-refractivity contribution < 1.29 is 17.9 Å². The minimum Gasteiger partial charge on any atom is -0.497 e. The highest BCUT2D eigenvalue weighted by Gasteiger charge is 2.25. The first-order chi connectivity index (χ1) is 10.8. The number of alkyl halides is 1. The van der Waals surface area contributed by atoms with Gasteiger partial charge in [0.25, 0.3) is 0 Å². The van der Waals surface area contributed by atoms with Crippen LogP contribution in [0.5, 0.6) is 5.75 Å². The smallest absolute Gasteiger partial charge is 0.179 e. The van der Waals surface area contributed by atoms with Crippen molar-refractivity contribution in [3.8, 4) is 5.75 Å². The molecule has 0 saturated heterocycles. The molecule has 1 unspecified atom stereocenters. The number of halogens is 1. The predicted molar refractivity (Wildman–Crippen MR) is 93.3 cm³/mol. The van der Waals surface area contributed by atoms with Gasteiger partial charge in [-0.3, -0.25) is 4.79 Å². The fraction of sp³-hybridized carbons (Fsp3) is 0.235.